The second kappa shape index (κ2) is 8.34. The molecule has 0 aliphatic heterocycles. The van der Waals surface area contributed by atoms with Gasteiger partial charge in [0.15, 0.2) is 0 Å². The largest absolute Gasteiger partial charge is 2.00 e. The Morgan fingerprint density at radius 2 is 1.55 bits per heavy atom. The van der Waals surface area contributed by atoms with Crippen molar-refractivity contribution in [3.63, 3.8) is 0 Å². The number of allylic oxidation sites excluding steroid dienone is 4. The second-order valence-electron chi connectivity index (χ2n) is 5.40. The summed E-state index contributed by atoms with van der Waals surface area (Å²) < 4.78 is 0. The molecule has 3 aromatic carbocycles. The average Bonchev–Trinajstić information content (AvgIpc) is 3.15. The van der Waals surface area contributed by atoms with E-state index in [9.17, 15) is 0 Å². The van der Waals surface area contributed by atoms with Crippen LogP contribution in [0.3, 0.4) is 0 Å². The first-order valence-electron chi connectivity index (χ1n) is 7.67. The quantitative estimate of drug-likeness (QED) is 0.477. The molecule has 1 heteroatoms. The van der Waals surface area contributed by atoms with Crippen LogP contribution in [0.15, 0.2) is 72.3 Å². The van der Waals surface area contributed by atoms with Crippen molar-refractivity contribution < 1.29 is 26.2 Å². The van der Waals surface area contributed by atoms with Gasteiger partial charge in [0.1, 0.15) is 0 Å². The molecule has 1 aliphatic carbocycles. The van der Waals surface area contributed by atoms with E-state index < -0.39 is 0 Å². The molecule has 0 N–H and O–H groups in total. The fraction of sp³-hybridized carbons (Fsp3) is 0.190. The number of benzene rings is 2. The van der Waals surface area contributed by atoms with Crippen LogP contribution in [-0.2, 0) is 26.2 Å². The Bertz CT molecular complexity index is 739. The van der Waals surface area contributed by atoms with Gasteiger partial charge in [0.05, 0.1) is 0 Å². The summed E-state index contributed by atoms with van der Waals surface area (Å²) in [6.07, 6.45) is 11.0. The average molecular weight is 364 g/mol. The molecule has 0 heterocycles. The van der Waals surface area contributed by atoms with Crippen LogP contribution in [0, 0.1) is 6.08 Å². The molecule has 0 unspecified atom stereocenters. The second-order valence-corrected chi connectivity index (χ2v) is 5.40. The summed E-state index contributed by atoms with van der Waals surface area (Å²) in [6.45, 7) is 2.20. The molecule has 3 aromatic rings. The summed E-state index contributed by atoms with van der Waals surface area (Å²) in [6, 6.07) is 19.3. The molecular formula is C21H20Zr. The van der Waals surface area contributed by atoms with E-state index in [2.05, 4.69) is 79.7 Å². The van der Waals surface area contributed by atoms with E-state index in [1.807, 2.05) is 0 Å². The number of hydrogen-bond acceptors (Lipinski definition) is 0. The van der Waals surface area contributed by atoms with Crippen molar-refractivity contribution in [3.05, 3.63) is 78.4 Å². The van der Waals surface area contributed by atoms with Crippen molar-refractivity contribution in [1.82, 2.24) is 0 Å². The van der Waals surface area contributed by atoms with Crippen LogP contribution < -0.4 is 0 Å². The van der Waals surface area contributed by atoms with Crippen LogP contribution in [-0.4, -0.2) is 0 Å². The van der Waals surface area contributed by atoms with Gasteiger partial charge in [0.25, 0.3) is 0 Å². The van der Waals surface area contributed by atoms with Crippen molar-refractivity contribution in [2.75, 3.05) is 0 Å². The summed E-state index contributed by atoms with van der Waals surface area (Å²) in [5.41, 5.74) is 1.47. The van der Waals surface area contributed by atoms with Crippen LogP contribution >= 0.6 is 0 Å². The van der Waals surface area contributed by atoms with Gasteiger partial charge in [-0.25, -0.2) is 11.6 Å². The van der Waals surface area contributed by atoms with E-state index in [4.69, 9.17) is 0 Å². The van der Waals surface area contributed by atoms with E-state index in [1.54, 1.807) is 0 Å². The predicted octanol–water partition coefficient (Wildman–Crippen LogP) is 6.19. The fourth-order valence-electron chi connectivity index (χ4n) is 2.81. The molecule has 0 saturated carbocycles. The molecule has 0 saturated heterocycles. The molecule has 0 fully saturated rings. The first-order chi connectivity index (χ1) is 10.4. The topological polar surface area (TPSA) is 0 Å². The van der Waals surface area contributed by atoms with Crippen molar-refractivity contribution in [1.29, 1.82) is 0 Å². The molecule has 0 nitrogen and oxygen atoms in total. The number of rotatable bonds is 2. The maximum atomic E-state index is 3.14. The molecule has 0 spiro atoms. The van der Waals surface area contributed by atoms with Gasteiger partial charge in [-0.15, -0.1) is 46.2 Å². The third kappa shape index (κ3) is 3.90. The summed E-state index contributed by atoms with van der Waals surface area (Å²) in [5, 5.41) is 5.39. The Labute approximate surface area is 152 Å². The minimum atomic E-state index is 0. The molecule has 0 radical (unpaired) electrons. The van der Waals surface area contributed by atoms with Gasteiger partial charge in [0.2, 0.25) is 0 Å². The Morgan fingerprint density at radius 3 is 2.05 bits per heavy atom. The zero-order chi connectivity index (χ0) is 14.5. The molecule has 1 aliphatic rings. The van der Waals surface area contributed by atoms with Gasteiger partial charge >= 0.3 is 26.2 Å². The summed E-state index contributed by atoms with van der Waals surface area (Å²) in [4.78, 5) is 0. The van der Waals surface area contributed by atoms with Crippen molar-refractivity contribution >= 4 is 21.5 Å². The Balaban J connectivity index is 0.000000172. The maximum absolute atomic E-state index is 3.14. The smallest absolute Gasteiger partial charge is 0.273 e. The Morgan fingerprint density at radius 1 is 0.955 bits per heavy atom. The van der Waals surface area contributed by atoms with Crippen molar-refractivity contribution in [2.45, 2.75) is 26.2 Å². The Kier molecular flexibility index (Phi) is 6.46. The monoisotopic (exact) mass is 362 g/mol. The SMILES string of the molecule is CCCC1=CC[C-]=C1.[Zr+2].c1ccc2c(c1)[cH-]c1ccccc12. The first-order valence-corrected chi connectivity index (χ1v) is 7.67. The third-order valence-electron chi connectivity index (χ3n) is 3.83. The zero-order valence-corrected chi connectivity index (χ0v) is 15.4. The maximum Gasteiger partial charge on any atom is 2.00 e. The van der Waals surface area contributed by atoms with E-state index in [-0.39, 0.29) is 26.2 Å². The summed E-state index contributed by atoms with van der Waals surface area (Å²) >= 11 is 0. The third-order valence-corrected chi connectivity index (χ3v) is 3.83. The van der Waals surface area contributed by atoms with Crippen LogP contribution in [0.1, 0.15) is 26.2 Å². The molecule has 22 heavy (non-hydrogen) atoms. The van der Waals surface area contributed by atoms with Crippen molar-refractivity contribution in [3.8, 4) is 0 Å². The van der Waals surface area contributed by atoms with Gasteiger partial charge in [0, 0.05) is 0 Å². The van der Waals surface area contributed by atoms with Gasteiger partial charge in [-0.2, -0.15) is 6.08 Å². The molecule has 0 aromatic heterocycles. The van der Waals surface area contributed by atoms with Crippen LogP contribution in [0.5, 0.6) is 0 Å². The number of hydrogen-bond donors (Lipinski definition) is 0. The van der Waals surface area contributed by atoms with Gasteiger partial charge < -0.3 is 0 Å². The normalized spacial score (nSPS) is 12.7. The zero-order valence-electron chi connectivity index (χ0n) is 13.0. The van der Waals surface area contributed by atoms with Crippen molar-refractivity contribution in [2.24, 2.45) is 0 Å². The van der Waals surface area contributed by atoms with Gasteiger partial charge in [-0.05, 0) is 0 Å². The minimum absolute atomic E-state index is 0. The predicted molar refractivity (Wildman–Crippen MR) is 92.5 cm³/mol. The van der Waals surface area contributed by atoms with Gasteiger partial charge in [-0.3, -0.25) is 6.08 Å². The summed E-state index contributed by atoms with van der Waals surface area (Å²) in [7, 11) is 0. The molecule has 0 atom stereocenters. The minimum Gasteiger partial charge on any atom is -0.273 e. The molecule has 4 rings (SSSR count). The van der Waals surface area contributed by atoms with Gasteiger partial charge in [-0.1, -0.05) is 56.2 Å². The van der Waals surface area contributed by atoms with Crippen LogP contribution in [0.4, 0.5) is 0 Å². The fourth-order valence-corrected chi connectivity index (χ4v) is 2.81. The first kappa shape index (κ1) is 17.0. The van der Waals surface area contributed by atoms with E-state index in [0.717, 1.165) is 6.42 Å². The molecule has 0 bridgehead atoms. The van der Waals surface area contributed by atoms with E-state index >= 15 is 0 Å². The van der Waals surface area contributed by atoms with Crippen LogP contribution in [0.2, 0.25) is 0 Å². The standard InChI is InChI=1S/C13H9.C8H11.Zr/c1-3-7-12-10(5-1)9-11-6-2-4-8-13(11)12;1-2-5-8-6-3-4-7-8;/h1-9H;6-7H,2-3,5H2,1H3;/q2*-1;+2. The molecule has 0 amide bonds. The molecule has 108 valence electrons. The Hall–Kier alpha value is -1.33. The number of fused-ring (bicyclic) bond motifs is 3. The van der Waals surface area contributed by atoms with E-state index in [1.165, 1.54) is 40.0 Å². The van der Waals surface area contributed by atoms with E-state index in [0.29, 0.717) is 0 Å². The molecular weight excluding hydrogens is 343 g/mol. The summed E-state index contributed by atoms with van der Waals surface area (Å²) in [5.74, 6) is 0. The van der Waals surface area contributed by atoms with Crippen LogP contribution in [0.25, 0.3) is 21.5 Å².